The van der Waals surface area contributed by atoms with Crippen LogP contribution < -0.4 is 5.32 Å². The van der Waals surface area contributed by atoms with Crippen molar-refractivity contribution in [2.24, 2.45) is 5.92 Å². The van der Waals surface area contributed by atoms with Crippen LogP contribution in [0.3, 0.4) is 0 Å². The Labute approximate surface area is 108 Å². The van der Waals surface area contributed by atoms with E-state index >= 15 is 0 Å². The summed E-state index contributed by atoms with van der Waals surface area (Å²) in [6, 6.07) is 1.81. The lowest BCUT2D eigenvalue weighted by Gasteiger charge is -2.08. The Morgan fingerprint density at radius 1 is 1.41 bits per heavy atom. The van der Waals surface area contributed by atoms with Crippen molar-refractivity contribution >= 4 is 17.4 Å². The van der Waals surface area contributed by atoms with Crippen LogP contribution in [-0.2, 0) is 0 Å². The molecule has 1 saturated carbocycles. The van der Waals surface area contributed by atoms with E-state index in [1.807, 2.05) is 6.07 Å². The molecule has 4 heteroatoms. The standard InChI is InChI=1S/C13H20ClN3/c1-9(2)4-3-7-15-12-8-11(14)16-13(17-12)10-5-6-10/h8-10H,3-7H2,1-2H3,(H,15,16,17). The zero-order valence-electron chi connectivity index (χ0n) is 10.5. The van der Waals surface area contributed by atoms with E-state index in [9.17, 15) is 0 Å². The van der Waals surface area contributed by atoms with Crippen molar-refractivity contribution in [3.05, 3.63) is 17.0 Å². The Morgan fingerprint density at radius 3 is 2.82 bits per heavy atom. The average molecular weight is 254 g/mol. The van der Waals surface area contributed by atoms with Crippen molar-refractivity contribution in [3.8, 4) is 0 Å². The Bertz CT molecular complexity index is 375. The number of nitrogens with one attached hydrogen (secondary N) is 1. The van der Waals surface area contributed by atoms with E-state index in [0.29, 0.717) is 11.1 Å². The highest BCUT2D eigenvalue weighted by Crippen LogP contribution is 2.38. The van der Waals surface area contributed by atoms with Crippen molar-refractivity contribution in [3.63, 3.8) is 0 Å². The first-order chi connectivity index (χ1) is 8.15. The Kier molecular flexibility index (Phi) is 4.21. The molecular weight excluding hydrogens is 234 g/mol. The number of halogens is 1. The van der Waals surface area contributed by atoms with Crippen LogP contribution in [0.25, 0.3) is 0 Å². The van der Waals surface area contributed by atoms with Gasteiger partial charge in [0.1, 0.15) is 16.8 Å². The first kappa shape index (κ1) is 12.6. The van der Waals surface area contributed by atoms with Crippen molar-refractivity contribution in [1.29, 1.82) is 0 Å². The van der Waals surface area contributed by atoms with Crippen LogP contribution in [0.1, 0.15) is 51.3 Å². The number of anilines is 1. The van der Waals surface area contributed by atoms with Gasteiger partial charge in [0.25, 0.3) is 0 Å². The molecule has 1 aromatic rings. The molecule has 0 amide bonds. The molecule has 0 atom stereocenters. The summed E-state index contributed by atoms with van der Waals surface area (Å²) in [4.78, 5) is 8.77. The van der Waals surface area contributed by atoms with Gasteiger partial charge in [0.2, 0.25) is 0 Å². The third kappa shape index (κ3) is 4.15. The molecule has 0 aromatic carbocycles. The predicted octanol–water partition coefficient (Wildman–Crippen LogP) is 3.86. The fraction of sp³-hybridized carbons (Fsp3) is 0.692. The maximum absolute atomic E-state index is 5.99. The first-order valence-electron chi connectivity index (χ1n) is 6.43. The van der Waals surface area contributed by atoms with Gasteiger partial charge in [0.15, 0.2) is 0 Å². The molecule has 0 aliphatic heterocycles. The minimum Gasteiger partial charge on any atom is -0.370 e. The second-order valence-electron chi connectivity index (χ2n) is 5.17. The van der Waals surface area contributed by atoms with Crippen LogP contribution in [0.4, 0.5) is 5.82 Å². The molecule has 1 aliphatic rings. The number of hydrogen-bond acceptors (Lipinski definition) is 3. The van der Waals surface area contributed by atoms with E-state index in [4.69, 9.17) is 11.6 Å². The molecular formula is C13H20ClN3. The lowest BCUT2D eigenvalue weighted by Crippen LogP contribution is -2.06. The van der Waals surface area contributed by atoms with Gasteiger partial charge in [-0.15, -0.1) is 0 Å². The maximum Gasteiger partial charge on any atom is 0.135 e. The molecule has 1 N–H and O–H groups in total. The third-order valence-electron chi connectivity index (χ3n) is 2.92. The monoisotopic (exact) mass is 253 g/mol. The Balaban J connectivity index is 1.87. The molecule has 0 radical (unpaired) electrons. The van der Waals surface area contributed by atoms with Crippen LogP contribution in [0, 0.1) is 5.92 Å². The highest BCUT2D eigenvalue weighted by atomic mass is 35.5. The largest absolute Gasteiger partial charge is 0.370 e. The Hall–Kier alpha value is -0.830. The molecule has 1 aromatic heterocycles. The Morgan fingerprint density at radius 2 is 2.18 bits per heavy atom. The van der Waals surface area contributed by atoms with Crippen molar-refractivity contribution in [2.75, 3.05) is 11.9 Å². The van der Waals surface area contributed by atoms with Gasteiger partial charge in [0, 0.05) is 18.5 Å². The highest BCUT2D eigenvalue weighted by molar-refractivity contribution is 6.29. The smallest absolute Gasteiger partial charge is 0.135 e. The van der Waals surface area contributed by atoms with Gasteiger partial charge in [-0.2, -0.15) is 0 Å². The van der Waals surface area contributed by atoms with Crippen LogP contribution in [0.2, 0.25) is 5.15 Å². The minimum atomic E-state index is 0.546. The SMILES string of the molecule is CC(C)CCCNc1cc(Cl)nc(C2CC2)n1. The summed E-state index contributed by atoms with van der Waals surface area (Å²) in [6.07, 6.45) is 4.81. The van der Waals surface area contributed by atoms with Crippen LogP contribution in [0.5, 0.6) is 0 Å². The highest BCUT2D eigenvalue weighted by Gasteiger charge is 2.27. The normalized spacial score (nSPS) is 15.3. The summed E-state index contributed by atoms with van der Waals surface area (Å²) in [5, 5.41) is 3.88. The number of nitrogens with zero attached hydrogens (tertiary/aromatic N) is 2. The summed E-state index contributed by atoms with van der Waals surface area (Å²) in [6.45, 7) is 5.44. The molecule has 0 spiro atoms. The van der Waals surface area contributed by atoms with Crippen LogP contribution in [0.15, 0.2) is 6.07 Å². The van der Waals surface area contributed by atoms with Gasteiger partial charge in [-0.3, -0.25) is 0 Å². The third-order valence-corrected chi connectivity index (χ3v) is 3.11. The van der Waals surface area contributed by atoms with E-state index in [1.54, 1.807) is 0 Å². The van der Waals surface area contributed by atoms with Gasteiger partial charge in [-0.05, 0) is 31.6 Å². The molecule has 94 valence electrons. The van der Waals surface area contributed by atoms with Gasteiger partial charge in [-0.1, -0.05) is 25.4 Å². The molecule has 1 aliphatic carbocycles. The minimum absolute atomic E-state index is 0.546. The second-order valence-corrected chi connectivity index (χ2v) is 5.56. The van der Waals surface area contributed by atoms with Crippen LogP contribution in [-0.4, -0.2) is 16.5 Å². The molecule has 1 fully saturated rings. The molecule has 0 bridgehead atoms. The van der Waals surface area contributed by atoms with Crippen molar-refractivity contribution < 1.29 is 0 Å². The number of aromatic nitrogens is 2. The zero-order chi connectivity index (χ0) is 12.3. The molecule has 17 heavy (non-hydrogen) atoms. The molecule has 0 saturated heterocycles. The molecule has 1 heterocycles. The second kappa shape index (κ2) is 5.67. The van der Waals surface area contributed by atoms with Crippen molar-refractivity contribution in [1.82, 2.24) is 9.97 Å². The van der Waals surface area contributed by atoms with E-state index in [0.717, 1.165) is 30.5 Å². The number of hydrogen-bond donors (Lipinski definition) is 1. The maximum atomic E-state index is 5.99. The quantitative estimate of drug-likeness (QED) is 0.618. The lowest BCUT2D eigenvalue weighted by molar-refractivity contribution is 0.566. The summed E-state index contributed by atoms with van der Waals surface area (Å²) in [5.41, 5.74) is 0. The van der Waals surface area contributed by atoms with Gasteiger partial charge in [0.05, 0.1) is 0 Å². The topological polar surface area (TPSA) is 37.8 Å². The summed E-state index contributed by atoms with van der Waals surface area (Å²) >= 11 is 5.99. The van der Waals surface area contributed by atoms with Crippen LogP contribution >= 0.6 is 11.6 Å². The van der Waals surface area contributed by atoms with Gasteiger partial charge in [-0.25, -0.2) is 9.97 Å². The molecule has 0 unspecified atom stereocenters. The molecule has 3 nitrogen and oxygen atoms in total. The summed E-state index contributed by atoms with van der Waals surface area (Å²) in [7, 11) is 0. The van der Waals surface area contributed by atoms with E-state index < -0.39 is 0 Å². The van der Waals surface area contributed by atoms with Crippen molar-refractivity contribution in [2.45, 2.75) is 45.4 Å². The average Bonchev–Trinajstić information content (AvgIpc) is 3.07. The fourth-order valence-electron chi connectivity index (χ4n) is 1.78. The van der Waals surface area contributed by atoms with E-state index in [2.05, 4.69) is 29.1 Å². The lowest BCUT2D eigenvalue weighted by atomic mass is 10.1. The fourth-order valence-corrected chi connectivity index (χ4v) is 1.97. The first-order valence-corrected chi connectivity index (χ1v) is 6.81. The van der Waals surface area contributed by atoms with E-state index in [-0.39, 0.29) is 0 Å². The van der Waals surface area contributed by atoms with E-state index in [1.165, 1.54) is 19.3 Å². The van der Waals surface area contributed by atoms with Gasteiger partial charge >= 0.3 is 0 Å². The summed E-state index contributed by atoms with van der Waals surface area (Å²) < 4.78 is 0. The van der Waals surface area contributed by atoms with Gasteiger partial charge < -0.3 is 5.32 Å². The summed E-state index contributed by atoms with van der Waals surface area (Å²) in [5.74, 6) is 3.08. The predicted molar refractivity (Wildman–Crippen MR) is 71.6 cm³/mol. The zero-order valence-corrected chi connectivity index (χ0v) is 11.3. The molecule has 2 rings (SSSR count). The number of rotatable bonds is 6.